The fraction of sp³-hybridized carbons (Fsp3) is 0.304. The average Bonchev–Trinajstić information content (AvgIpc) is 3.58. The van der Waals surface area contributed by atoms with E-state index in [1.54, 1.807) is 23.1 Å². The first kappa shape index (κ1) is 19.3. The van der Waals surface area contributed by atoms with Gasteiger partial charge in [-0.15, -0.1) is 0 Å². The Labute approximate surface area is 180 Å². The topological polar surface area (TPSA) is 80.4 Å². The molecule has 4 aromatic rings. The number of carbonyl (C=O) groups is 1. The van der Waals surface area contributed by atoms with Crippen LogP contribution in [0.4, 0.5) is 5.82 Å². The molecule has 1 aromatic carbocycles. The number of rotatable bonds is 7. The lowest BCUT2D eigenvalue weighted by atomic mass is 10.1. The van der Waals surface area contributed by atoms with E-state index in [2.05, 4.69) is 38.5 Å². The highest BCUT2D eigenvalue weighted by Gasteiger charge is 2.20. The highest BCUT2D eigenvalue weighted by atomic mass is 16.1. The molecule has 8 heteroatoms. The van der Waals surface area contributed by atoms with Gasteiger partial charge in [0.15, 0.2) is 11.3 Å². The molecule has 0 spiro atoms. The van der Waals surface area contributed by atoms with Crippen LogP contribution in [0.25, 0.3) is 16.9 Å². The standard InChI is InChI=1S/C23H25N7O/c31-23(25-9-6-11-28-14-10-24-17-28)20-15-21-26-19(18-7-2-1-3-8-18)16-22(30(21)27-20)29-12-4-5-13-29/h1-3,7-8,10,14-17H,4-6,9,11-13H2,(H,25,31). The first-order chi connectivity index (χ1) is 15.3. The molecular formula is C23H25N7O. The van der Waals surface area contributed by atoms with E-state index in [0.29, 0.717) is 17.9 Å². The number of aryl methyl sites for hydroxylation is 1. The van der Waals surface area contributed by atoms with Gasteiger partial charge in [0.05, 0.1) is 12.0 Å². The quantitative estimate of drug-likeness (QED) is 0.470. The molecule has 5 rings (SSSR count). The van der Waals surface area contributed by atoms with E-state index in [-0.39, 0.29) is 5.91 Å². The molecule has 1 saturated heterocycles. The molecule has 0 bridgehead atoms. The molecular weight excluding hydrogens is 390 g/mol. The Morgan fingerprint density at radius 2 is 1.94 bits per heavy atom. The highest BCUT2D eigenvalue weighted by Crippen LogP contribution is 2.27. The number of hydrogen-bond donors (Lipinski definition) is 1. The van der Waals surface area contributed by atoms with Crippen LogP contribution in [0.5, 0.6) is 0 Å². The molecule has 0 saturated carbocycles. The van der Waals surface area contributed by atoms with E-state index in [0.717, 1.165) is 56.0 Å². The Hall–Kier alpha value is -3.68. The first-order valence-corrected chi connectivity index (χ1v) is 10.7. The number of anilines is 1. The van der Waals surface area contributed by atoms with Crippen LogP contribution in [-0.2, 0) is 6.54 Å². The predicted molar refractivity (Wildman–Crippen MR) is 119 cm³/mol. The van der Waals surface area contributed by atoms with Gasteiger partial charge in [-0.2, -0.15) is 9.61 Å². The summed E-state index contributed by atoms with van der Waals surface area (Å²) >= 11 is 0. The van der Waals surface area contributed by atoms with Crippen molar-refractivity contribution in [3.05, 3.63) is 66.9 Å². The molecule has 3 aromatic heterocycles. The smallest absolute Gasteiger partial charge is 0.271 e. The molecule has 0 radical (unpaired) electrons. The van der Waals surface area contributed by atoms with Crippen LogP contribution in [0.3, 0.4) is 0 Å². The summed E-state index contributed by atoms with van der Waals surface area (Å²) in [7, 11) is 0. The Bertz CT molecular complexity index is 1160. The van der Waals surface area contributed by atoms with Crippen molar-refractivity contribution in [1.82, 2.24) is 29.5 Å². The maximum atomic E-state index is 12.7. The Kier molecular flexibility index (Phi) is 5.35. The zero-order valence-electron chi connectivity index (χ0n) is 17.3. The second-order valence-corrected chi connectivity index (χ2v) is 7.77. The van der Waals surface area contributed by atoms with Gasteiger partial charge in [0, 0.05) is 56.3 Å². The van der Waals surface area contributed by atoms with Crippen LogP contribution >= 0.6 is 0 Å². The minimum Gasteiger partial charge on any atom is -0.356 e. The number of carbonyl (C=O) groups excluding carboxylic acids is 1. The Balaban J connectivity index is 1.39. The highest BCUT2D eigenvalue weighted by molar-refractivity contribution is 5.93. The van der Waals surface area contributed by atoms with Gasteiger partial charge in [-0.25, -0.2) is 9.97 Å². The van der Waals surface area contributed by atoms with Crippen molar-refractivity contribution >= 4 is 17.4 Å². The molecule has 1 aliphatic rings. The minimum atomic E-state index is -0.176. The molecule has 31 heavy (non-hydrogen) atoms. The van der Waals surface area contributed by atoms with Crippen molar-refractivity contribution in [1.29, 1.82) is 0 Å². The molecule has 0 unspecified atom stereocenters. The third-order valence-corrected chi connectivity index (χ3v) is 5.58. The third-order valence-electron chi connectivity index (χ3n) is 5.58. The summed E-state index contributed by atoms with van der Waals surface area (Å²) in [5, 5.41) is 7.57. The maximum Gasteiger partial charge on any atom is 0.271 e. The van der Waals surface area contributed by atoms with E-state index in [9.17, 15) is 4.79 Å². The van der Waals surface area contributed by atoms with E-state index in [4.69, 9.17) is 4.98 Å². The summed E-state index contributed by atoms with van der Waals surface area (Å²) in [6, 6.07) is 14.0. The van der Waals surface area contributed by atoms with Gasteiger partial charge in [0.1, 0.15) is 5.82 Å². The predicted octanol–water partition coefficient (Wildman–Crippen LogP) is 3.01. The number of fused-ring (bicyclic) bond motifs is 1. The van der Waals surface area contributed by atoms with Crippen molar-refractivity contribution < 1.29 is 4.79 Å². The summed E-state index contributed by atoms with van der Waals surface area (Å²) in [5.74, 6) is 0.810. The average molecular weight is 416 g/mol. The number of amides is 1. The van der Waals surface area contributed by atoms with Crippen molar-refractivity contribution in [2.24, 2.45) is 0 Å². The number of nitrogens with zero attached hydrogens (tertiary/aromatic N) is 6. The number of aromatic nitrogens is 5. The summed E-state index contributed by atoms with van der Waals surface area (Å²) in [5.41, 5.74) is 3.02. The zero-order chi connectivity index (χ0) is 21.0. The Morgan fingerprint density at radius 1 is 1.10 bits per heavy atom. The molecule has 1 N–H and O–H groups in total. The van der Waals surface area contributed by atoms with Crippen molar-refractivity contribution in [3.63, 3.8) is 0 Å². The third kappa shape index (κ3) is 4.14. The lowest BCUT2D eigenvalue weighted by Gasteiger charge is -2.19. The second kappa shape index (κ2) is 8.59. The number of nitrogens with one attached hydrogen (secondary N) is 1. The lowest BCUT2D eigenvalue weighted by molar-refractivity contribution is 0.0947. The van der Waals surface area contributed by atoms with E-state index >= 15 is 0 Å². The monoisotopic (exact) mass is 415 g/mol. The zero-order valence-corrected chi connectivity index (χ0v) is 17.3. The van der Waals surface area contributed by atoms with Crippen LogP contribution in [0, 0.1) is 0 Å². The molecule has 158 valence electrons. The summed E-state index contributed by atoms with van der Waals surface area (Å²) in [6.07, 6.45) is 8.60. The van der Waals surface area contributed by atoms with Gasteiger partial charge < -0.3 is 14.8 Å². The van der Waals surface area contributed by atoms with E-state index in [1.165, 1.54) is 0 Å². The molecule has 4 heterocycles. The minimum absolute atomic E-state index is 0.176. The summed E-state index contributed by atoms with van der Waals surface area (Å²) in [4.78, 5) is 23.9. The second-order valence-electron chi connectivity index (χ2n) is 7.77. The van der Waals surface area contributed by atoms with Gasteiger partial charge in [-0.1, -0.05) is 30.3 Å². The van der Waals surface area contributed by atoms with Gasteiger partial charge in [-0.05, 0) is 19.3 Å². The maximum absolute atomic E-state index is 12.7. The van der Waals surface area contributed by atoms with Crippen molar-refractivity contribution in [3.8, 4) is 11.3 Å². The Morgan fingerprint density at radius 3 is 2.71 bits per heavy atom. The number of benzene rings is 1. The van der Waals surface area contributed by atoms with Crippen molar-refractivity contribution in [2.45, 2.75) is 25.8 Å². The molecule has 1 aliphatic heterocycles. The van der Waals surface area contributed by atoms with Gasteiger partial charge in [0.25, 0.3) is 5.91 Å². The van der Waals surface area contributed by atoms with E-state index in [1.807, 2.05) is 29.0 Å². The van der Waals surface area contributed by atoms with Gasteiger partial charge in [-0.3, -0.25) is 4.79 Å². The van der Waals surface area contributed by atoms with Crippen LogP contribution in [0.15, 0.2) is 61.2 Å². The van der Waals surface area contributed by atoms with Gasteiger partial charge in [0.2, 0.25) is 0 Å². The summed E-state index contributed by atoms with van der Waals surface area (Å²) < 4.78 is 3.80. The lowest BCUT2D eigenvalue weighted by Crippen LogP contribution is -2.26. The van der Waals surface area contributed by atoms with Crippen LogP contribution in [-0.4, -0.2) is 49.7 Å². The SMILES string of the molecule is O=C(NCCCn1ccnc1)c1cc2nc(-c3ccccc3)cc(N3CCCC3)n2n1. The molecule has 1 fully saturated rings. The molecule has 0 atom stereocenters. The van der Waals surface area contributed by atoms with Crippen LogP contribution < -0.4 is 10.2 Å². The summed E-state index contributed by atoms with van der Waals surface area (Å²) in [6.45, 7) is 3.37. The van der Waals surface area contributed by atoms with Gasteiger partial charge >= 0.3 is 0 Å². The first-order valence-electron chi connectivity index (χ1n) is 10.7. The molecule has 8 nitrogen and oxygen atoms in total. The van der Waals surface area contributed by atoms with Crippen LogP contribution in [0.2, 0.25) is 0 Å². The van der Waals surface area contributed by atoms with E-state index < -0.39 is 0 Å². The number of imidazole rings is 1. The fourth-order valence-corrected chi connectivity index (χ4v) is 3.97. The number of hydrogen-bond acceptors (Lipinski definition) is 5. The fourth-order valence-electron chi connectivity index (χ4n) is 3.97. The molecule has 1 amide bonds. The van der Waals surface area contributed by atoms with Crippen molar-refractivity contribution in [2.75, 3.05) is 24.5 Å². The normalized spacial score (nSPS) is 13.7. The molecule has 0 aliphatic carbocycles. The largest absolute Gasteiger partial charge is 0.356 e. The van der Waals surface area contributed by atoms with Crippen LogP contribution in [0.1, 0.15) is 29.8 Å².